The molecular formula is C18H28N2O2. The predicted molar refractivity (Wildman–Crippen MR) is 83.8 cm³/mol. The lowest BCUT2D eigenvalue weighted by molar-refractivity contribution is -0.136. The summed E-state index contributed by atoms with van der Waals surface area (Å²) >= 11 is 0. The Morgan fingerprint density at radius 3 is 1.91 bits per heavy atom. The molecule has 22 heavy (non-hydrogen) atoms. The first-order chi connectivity index (χ1) is 10.5. The molecule has 5 fully saturated rings. The summed E-state index contributed by atoms with van der Waals surface area (Å²) in [5.74, 6) is 2.30. The highest BCUT2D eigenvalue weighted by atomic mass is 16.2. The van der Waals surface area contributed by atoms with Gasteiger partial charge in [0.25, 0.3) is 0 Å². The van der Waals surface area contributed by atoms with E-state index in [-0.39, 0.29) is 17.2 Å². The number of nitrogens with two attached hydrogens (primary N) is 1. The van der Waals surface area contributed by atoms with Gasteiger partial charge in [0.2, 0.25) is 11.8 Å². The molecule has 5 aliphatic carbocycles. The van der Waals surface area contributed by atoms with Crippen molar-refractivity contribution in [2.45, 2.75) is 76.2 Å². The van der Waals surface area contributed by atoms with Gasteiger partial charge in [0.05, 0.1) is 0 Å². The quantitative estimate of drug-likeness (QED) is 0.837. The fourth-order valence-corrected chi connectivity index (χ4v) is 6.57. The molecule has 0 aromatic rings. The summed E-state index contributed by atoms with van der Waals surface area (Å²) in [7, 11) is 0. The minimum atomic E-state index is -0.751. The lowest BCUT2D eigenvalue weighted by atomic mass is 9.49. The minimum Gasteiger partial charge on any atom is -0.368 e. The van der Waals surface area contributed by atoms with Crippen molar-refractivity contribution >= 4 is 11.8 Å². The van der Waals surface area contributed by atoms with Crippen LogP contribution in [0.4, 0.5) is 0 Å². The largest absolute Gasteiger partial charge is 0.368 e. The lowest BCUT2D eigenvalue weighted by Crippen LogP contribution is -2.57. The van der Waals surface area contributed by atoms with E-state index in [4.69, 9.17) is 5.73 Å². The molecule has 0 radical (unpaired) electrons. The zero-order valence-corrected chi connectivity index (χ0v) is 13.4. The highest BCUT2D eigenvalue weighted by molar-refractivity contribution is 5.90. The van der Waals surface area contributed by atoms with E-state index in [1.54, 1.807) is 0 Å². The van der Waals surface area contributed by atoms with Crippen LogP contribution in [0.2, 0.25) is 0 Å². The zero-order chi connectivity index (χ0) is 15.4. The maximum atomic E-state index is 12.7. The number of hydrogen-bond acceptors (Lipinski definition) is 2. The van der Waals surface area contributed by atoms with E-state index in [1.807, 2.05) is 0 Å². The van der Waals surface area contributed by atoms with Gasteiger partial charge >= 0.3 is 0 Å². The maximum Gasteiger partial charge on any atom is 0.243 e. The lowest BCUT2D eigenvalue weighted by Gasteiger charge is -2.56. The second kappa shape index (κ2) is 4.97. The van der Waals surface area contributed by atoms with Crippen LogP contribution in [0.15, 0.2) is 0 Å². The van der Waals surface area contributed by atoms with Crippen molar-refractivity contribution in [3.05, 3.63) is 0 Å². The molecule has 0 aromatic carbocycles. The minimum absolute atomic E-state index is 0.0719. The SMILES string of the molecule is NC(=O)C1(NC(=O)CC23CC4CC(CC(C4)C2)C3)CCCC1. The number of amides is 2. The van der Waals surface area contributed by atoms with Gasteiger partial charge < -0.3 is 11.1 Å². The normalized spacial score (nSPS) is 41.5. The summed E-state index contributed by atoms with van der Waals surface area (Å²) in [5, 5.41) is 3.05. The second-order valence-electron chi connectivity index (χ2n) is 8.80. The number of primary amides is 1. The molecule has 4 nitrogen and oxygen atoms in total. The van der Waals surface area contributed by atoms with Crippen LogP contribution in [0.25, 0.3) is 0 Å². The number of rotatable bonds is 4. The first kappa shape index (κ1) is 14.5. The Balaban J connectivity index is 1.45. The van der Waals surface area contributed by atoms with Crippen LogP contribution in [0.3, 0.4) is 0 Å². The van der Waals surface area contributed by atoms with E-state index in [2.05, 4.69) is 5.32 Å². The average molecular weight is 304 g/mol. The first-order valence-corrected chi connectivity index (χ1v) is 9.10. The molecule has 5 saturated carbocycles. The molecule has 5 aliphatic rings. The van der Waals surface area contributed by atoms with E-state index in [1.165, 1.54) is 38.5 Å². The topological polar surface area (TPSA) is 72.2 Å². The molecule has 2 amide bonds. The van der Waals surface area contributed by atoms with E-state index < -0.39 is 5.54 Å². The van der Waals surface area contributed by atoms with E-state index in [0.29, 0.717) is 6.42 Å². The van der Waals surface area contributed by atoms with E-state index >= 15 is 0 Å². The molecule has 0 heterocycles. The van der Waals surface area contributed by atoms with Crippen LogP contribution in [-0.2, 0) is 9.59 Å². The fourth-order valence-electron chi connectivity index (χ4n) is 6.57. The van der Waals surface area contributed by atoms with Crippen molar-refractivity contribution < 1.29 is 9.59 Å². The van der Waals surface area contributed by atoms with Crippen molar-refractivity contribution in [1.82, 2.24) is 5.32 Å². The highest BCUT2D eigenvalue weighted by Gasteiger charge is 2.52. The molecule has 0 unspecified atom stereocenters. The molecule has 0 aromatic heterocycles. The van der Waals surface area contributed by atoms with Crippen LogP contribution < -0.4 is 11.1 Å². The van der Waals surface area contributed by atoms with Crippen molar-refractivity contribution in [2.24, 2.45) is 28.9 Å². The summed E-state index contributed by atoms with van der Waals surface area (Å²) < 4.78 is 0. The van der Waals surface area contributed by atoms with Gasteiger partial charge in [-0.15, -0.1) is 0 Å². The molecule has 0 saturated heterocycles. The maximum absolute atomic E-state index is 12.7. The molecule has 4 heteroatoms. The second-order valence-corrected chi connectivity index (χ2v) is 8.80. The van der Waals surface area contributed by atoms with Crippen molar-refractivity contribution in [3.8, 4) is 0 Å². The van der Waals surface area contributed by atoms with Crippen LogP contribution in [0, 0.1) is 23.2 Å². The molecule has 3 N–H and O–H groups in total. The third-order valence-corrected chi connectivity index (χ3v) is 7.01. The molecule has 122 valence electrons. The molecule has 0 spiro atoms. The molecule has 5 rings (SSSR count). The summed E-state index contributed by atoms with van der Waals surface area (Å²) in [5.41, 5.74) is 5.07. The Bertz CT molecular complexity index is 458. The zero-order valence-electron chi connectivity index (χ0n) is 13.4. The van der Waals surface area contributed by atoms with Gasteiger partial charge in [-0.05, 0) is 74.5 Å². The molecule has 0 atom stereocenters. The van der Waals surface area contributed by atoms with Crippen LogP contribution in [0.5, 0.6) is 0 Å². The number of hydrogen-bond donors (Lipinski definition) is 2. The summed E-state index contributed by atoms with van der Waals surface area (Å²) in [6, 6.07) is 0. The third-order valence-electron chi connectivity index (χ3n) is 7.01. The standard InChI is InChI=1S/C18H28N2O2/c19-16(22)18(3-1-2-4-18)20-15(21)11-17-8-12-5-13(9-17)7-14(6-12)10-17/h12-14H,1-11H2,(H2,19,22)(H,20,21). The number of nitrogens with one attached hydrogen (secondary N) is 1. The van der Waals surface area contributed by atoms with Gasteiger partial charge in [-0.25, -0.2) is 0 Å². The van der Waals surface area contributed by atoms with Gasteiger partial charge in [0.15, 0.2) is 0 Å². The van der Waals surface area contributed by atoms with Crippen LogP contribution in [0.1, 0.15) is 70.6 Å². The monoisotopic (exact) mass is 304 g/mol. The van der Waals surface area contributed by atoms with Gasteiger partial charge in [-0.3, -0.25) is 9.59 Å². The Morgan fingerprint density at radius 1 is 0.955 bits per heavy atom. The van der Waals surface area contributed by atoms with Crippen molar-refractivity contribution in [2.75, 3.05) is 0 Å². The summed E-state index contributed by atoms with van der Waals surface area (Å²) in [6.07, 6.45) is 11.9. The Morgan fingerprint density at radius 2 is 1.45 bits per heavy atom. The molecular weight excluding hydrogens is 276 g/mol. The first-order valence-electron chi connectivity index (χ1n) is 9.10. The fraction of sp³-hybridized carbons (Fsp3) is 0.889. The van der Waals surface area contributed by atoms with Crippen LogP contribution >= 0.6 is 0 Å². The highest BCUT2D eigenvalue weighted by Crippen LogP contribution is 2.61. The number of carbonyl (C=O) groups excluding carboxylic acids is 2. The average Bonchev–Trinajstić information content (AvgIpc) is 2.85. The van der Waals surface area contributed by atoms with Gasteiger partial charge in [-0.2, -0.15) is 0 Å². The summed E-state index contributed by atoms with van der Waals surface area (Å²) in [6.45, 7) is 0. The van der Waals surface area contributed by atoms with Gasteiger partial charge in [0.1, 0.15) is 5.54 Å². The Labute approximate surface area is 132 Å². The Kier molecular flexibility index (Phi) is 3.28. The van der Waals surface area contributed by atoms with Gasteiger partial charge in [0, 0.05) is 6.42 Å². The molecule has 0 aliphatic heterocycles. The van der Waals surface area contributed by atoms with Crippen molar-refractivity contribution in [1.29, 1.82) is 0 Å². The van der Waals surface area contributed by atoms with E-state index in [0.717, 1.165) is 43.4 Å². The van der Waals surface area contributed by atoms with Crippen LogP contribution in [-0.4, -0.2) is 17.4 Å². The van der Waals surface area contributed by atoms with Gasteiger partial charge in [-0.1, -0.05) is 12.8 Å². The van der Waals surface area contributed by atoms with E-state index in [9.17, 15) is 9.59 Å². The summed E-state index contributed by atoms with van der Waals surface area (Å²) in [4.78, 5) is 24.5. The Hall–Kier alpha value is -1.06. The predicted octanol–water partition coefficient (Wildman–Crippen LogP) is 2.51. The smallest absolute Gasteiger partial charge is 0.243 e. The number of carbonyl (C=O) groups is 2. The molecule has 4 bridgehead atoms. The third kappa shape index (κ3) is 2.35. The van der Waals surface area contributed by atoms with Crippen molar-refractivity contribution in [3.63, 3.8) is 0 Å².